The first kappa shape index (κ1) is 15.4. The summed E-state index contributed by atoms with van der Waals surface area (Å²) in [6.07, 6.45) is 10.9. The quantitative estimate of drug-likeness (QED) is 0.686. The fourth-order valence-corrected chi connectivity index (χ4v) is 6.09. The van der Waals surface area contributed by atoms with Gasteiger partial charge in [0.15, 0.2) is 0 Å². The predicted octanol–water partition coefficient (Wildman–Crippen LogP) is 4.71. The number of alkyl halides is 2. The van der Waals surface area contributed by atoms with Gasteiger partial charge in [0.1, 0.15) is 4.33 Å². The van der Waals surface area contributed by atoms with Gasteiger partial charge in [0.05, 0.1) is 12.2 Å². The van der Waals surface area contributed by atoms with E-state index in [0.29, 0.717) is 12.2 Å². The first-order valence-corrected chi connectivity index (χ1v) is 8.68. The Kier molecular flexibility index (Phi) is 4.08. The molecular formula is C16H26Cl2O2. The van der Waals surface area contributed by atoms with Crippen LogP contribution >= 0.6 is 23.2 Å². The molecule has 0 aliphatic heterocycles. The molecule has 0 unspecified atom stereocenters. The van der Waals surface area contributed by atoms with Crippen LogP contribution in [0.1, 0.15) is 57.8 Å². The fourth-order valence-electron chi connectivity index (χ4n) is 5.07. The molecule has 0 saturated heterocycles. The van der Waals surface area contributed by atoms with Crippen molar-refractivity contribution in [3.8, 4) is 0 Å². The van der Waals surface area contributed by atoms with E-state index in [4.69, 9.17) is 32.7 Å². The molecule has 0 aromatic carbocycles. The van der Waals surface area contributed by atoms with E-state index in [1.54, 1.807) is 0 Å². The molecule has 2 nitrogen and oxygen atoms in total. The van der Waals surface area contributed by atoms with Gasteiger partial charge in [0.25, 0.3) is 0 Å². The first-order valence-electron chi connectivity index (χ1n) is 7.92. The molecule has 116 valence electrons. The highest BCUT2D eigenvalue weighted by atomic mass is 35.5. The van der Waals surface area contributed by atoms with Gasteiger partial charge in [0.2, 0.25) is 0 Å². The lowest BCUT2D eigenvalue weighted by Crippen LogP contribution is -2.67. The zero-order valence-electron chi connectivity index (χ0n) is 12.6. The molecule has 3 saturated carbocycles. The van der Waals surface area contributed by atoms with Gasteiger partial charge in [-0.3, -0.25) is 0 Å². The van der Waals surface area contributed by atoms with Crippen molar-refractivity contribution in [2.45, 2.75) is 74.3 Å². The molecule has 0 bridgehead atoms. The minimum Gasteiger partial charge on any atom is -0.381 e. The summed E-state index contributed by atoms with van der Waals surface area (Å²) in [5, 5.41) is 0. The van der Waals surface area contributed by atoms with Crippen molar-refractivity contribution in [1.29, 1.82) is 0 Å². The highest BCUT2D eigenvalue weighted by molar-refractivity contribution is 6.50. The third-order valence-corrected chi connectivity index (χ3v) is 8.06. The second-order valence-electron chi connectivity index (χ2n) is 7.18. The minimum absolute atomic E-state index is 0.144. The summed E-state index contributed by atoms with van der Waals surface area (Å²) in [4.78, 5) is 0. The third kappa shape index (κ3) is 2.06. The fraction of sp³-hybridized carbons (Fsp3) is 1.00. The summed E-state index contributed by atoms with van der Waals surface area (Å²) < 4.78 is 10.4. The van der Waals surface area contributed by atoms with Crippen molar-refractivity contribution in [3.63, 3.8) is 0 Å². The Morgan fingerprint density at radius 3 is 1.35 bits per heavy atom. The zero-order valence-corrected chi connectivity index (χ0v) is 14.1. The minimum atomic E-state index is -0.544. The summed E-state index contributed by atoms with van der Waals surface area (Å²) in [7, 11) is 3.62. The van der Waals surface area contributed by atoms with Crippen LogP contribution in [0.5, 0.6) is 0 Å². The molecular weight excluding hydrogens is 295 g/mol. The Hall–Kier alpha value is 0.500. The smallest absolute Gasteiger partial charge is 0.129 e. The standard InChI is InChI=1S/C16H26Cl2O2/c1-19-12-3-7-14(8-4-12)11-15(16(14,17)18)9-5-13(20-2)6-10-15/h12-13H,3-11H2,1-2H3/t12?,13?,14-,15-. The maximum atomic E-state index is 6.94. The van der Waals surface area contributed by atoms with Crippen LogP contribution < -0.4 is 0 Å². The molecule has 0 N–H and O–H groups in total. The highest BCUT2D eigenvalue weighted by Crippen LogP contribution is 2.76. The second-order valence-corrected chi connectivity index (χ2v) is 8.51. The van der Waals surface area contributed by atoms with Crippen LogP contribution in [0.3, 0.4) is 0 Å². The maximum Gasteiger partial charge on any atom is 0.129 e. The van der Waals surface area contributed by atoms with E-state index >= 15 is 0 Å². The Labute approximate surface area is 132 Å². The summed E-state index contributed by atoms with van der Waals surface area (Å²) in [6.45, 7) is 0. The number of hydrogen-bond donors (Lipinski definition) is 0. The van der Waals surface area contributed by atoms with Crippen LogP contribution in [0.4, 0.5) is 0 Å². The van der Waals surface area contributed by atoms with Crippen LogP contribution in [0.25, 0.3) is 0 Å². The first-order chi connectivity index (χ1) is 9.49. The Balaban J connectivity index is 1.68. The van der Waals surface area contributed by atoms with E-state index in [9.17, 15) is 0 Å². The molecule has 3 rings (SSSR count). The van der Waals surface area contributed by atoms with E-state index in [1.165, 1.54) is 6.42 Å². The molecule has 2 spiro atoms. The molecule has 20 heavy (non-hydrogen) atoms. The van der Waals surface area contributed by atoms with Gasteiger partial charge in [-0.15, -0.1) is 23.2 Å². The molecule has 0 radical (unpaired) electrons. The van der Waals surface area contributed by atoms with Crippen LogP contribution in [-0.2, 0) is 9.47 Å². The summed E-state index contributed by atoms with van der Waals surface area (Å²) in [5.74, 6) is 0. The molecule has 0 atom stereocenters. The average Bonchev–Trinajstić information content (AvgIpc) is 2.48. The summed E-state index contributed by atoms with van der Waals surface area (Å²) >= 11 is 13.9. The van der Waals surface area contributed by atoms with Crippen molar-refractivity contribution in [2.75, 3.05) is 14.2 Å². The zero-order chi connectivity index (χ0) is 14.4. The van der Waals surface area contributed by atoms with Crippen LogP contribution in [0, 0.1) is 10.8 Å². The average molecular weight is 321 g/mol. The monoisotopic (exact) mass is 320 g/mol. The van der Waals surface area contributed by atoms with Gasteiger partial charge in [-0.1, -0.05) is 0 Å². The van der Waals surface area contributed by atoms with E-state index in [2.05, 4.69) is 0 Å². The highest BCUT2D eigenvalue weighted by Gasteiger charge is 2.72. The predicted molar refractivity (Wildman–Crippen MR) is 82.5 cm³/mol. The lowest BCUT2D eigenvalue weighted by Gasteiger charge is -2.69. The third-order valence-electron chi connectivity index (χ3n) is 6.46. The molecule has 0 amide bonds. The van der Waals surface area contributed by atoms with E-state index < -0.39 is 4.33 Å². The molecule has 3 aliphatic rings. The lowest BCUT2D eigenvalue weighted by molar-refractivity contribution is -0.133. The SMILES string of the molecule is COC1CC[C@]2(CC1)C[C@@]1(CCC(OC)CC1)C2(Cl)Cl. The van der Waals surface area contributed by atoms with Crippen LogP contribution in [-0.4, -0.2) is 30.8 Å². The van der Waals surface area contributed by atoms with Gasteiger partial charge >= 0.3 is 0 Å². The van der Waals surface area contributed by atoms with Crippen molar-refractivity contribution in [2.24, 2.45) is 10.8 Å². The van der Waals surface area contributed by atoms with Gasteiger partial charge in [0, 0.05) is 25.0 Å². The largest absolute Gasteiger partial charge is 0.381 e. The maximum absolute atomic E-state index is 6.94. The van der Waals surface area contributed by atoms with E-state index in [-0.39, 0.29) is 10.8 Å². The van der Waals surface area contributed by atoms with Gasteiger partial charge in [-0.05, 0) is 57.8 Å². The number of methoxy groups -OCH3 is 2. The Morgan fingerprint density at radius 1 is 0.750 bits per heavy atom. The number of halogens is 2. The second kappa shape index (κ2) is 5.30. The van der Waals surface area contributed by atoms with E-state index in [0.717, 1.165) is 51.4 Å². The Bertz CT molecular complexity index is 321. The number of hydrogen-bond acceptors (Lipinski definition) is 2. The van der Waals surface area contributed by atoms with Gasteiger partial charge in [-0.2, -0.15) is 0 Å². The number of rotatable bonds is 2. The molecule has 4 heteroatoms. The Morgan fingerprint density at radius 2 is 1.10 bits per heavy atom. The van der Waals surface area contributed by atoms with Crippen molar-refractivity contribution < 1.29 is 9.47 Å². The van der Waals surface area contributed by atoms with Gasteiger partial charge in [-0.25, -0.2) is 0 Å². The molecule has 3 aliphatic carbocycles. The van der Waals surface area contributed by atoms with Crippen LogP contribution in [0.2, 0.25) is 0 Å². The summed E-state index contributed by atoms with van der Waals surface area (Å²) in [5.41, 5.74) is 0.288. The van der Waals surface area contributed by atoms with Gasteiger partial charge < -0.3 is 9.47 Å². The molecule has 0 aromatic heterocycles. The normalized spacial score (nSPS) is 47.4. The van der Waals surface area contributed by atoms with Crippen molar-refractivity contribution in [3.05, 3.63) is 0 Å². The molecule has 3 fully saturated rings. The number of ether oxygens (including phenoxy) is 2. The van der Waals surface area contributed by atoms with Crippen molar-refractivity contribution in [1.82, 2.24) is 0 Å². The lowest BCUT2D eigenvalue weighted by atomic mass is 9.44. The topological polar surface area (TPSA) is 18.5 Å². The molecule has 0 heterocycles. The molecule has 0 aromatic rings. The van der Waals surface area contributed by atoms with Crippen LogP contribution in [0.15, 0.2) is 0 Å². The van der Waals surface area contributed by atoms with Crippen molar-refractivity contribution >= 4 is 23.2 Å². The van der Waals surface area contributed by atoms with E-state index in [1.807, 2.05) is 14.2 Å². The summed E-state index contributed by atoms with van der Waals surface area (Å²) in [6, 6.07) is 0.